The highest BCUT2D eigenvalue weighted by Gasteiger charge is 2.40. The molecular weight excluding hydrogens is 327 g/mol. The van der Waals surface area contributed by atoms with E-state index >= 15 is 0 Å². The van der Waals surface area contributed by atoms with Crippen molar-refractivity contribution in [2.75, 3.05) is 6.61 Å². The van der Waals surface area contributed by atoms with Gasteiger partial charge in [-0.05, 0) is 54.1 Å². The van der Waals surface area contributed by atoms with E-state index in [1.54, 1.807) is 19.1 Å². The molecular formula is C19H17FO3S. The van der Waals surface area contributed by atoms with E-state index in [1.807, 2.05) is 17.5 Å². The second-order valence-corrected chi connectivity index (χ2v) is 6.62. The lowest BCUT2D eigenvalue weighted by Crippen LogP contribution is -2.33. The van der Waals surface area contributed by atoms with Crippen molar-refractivity contribution >= 4 is 28.7 Å². The molecule has 0 aliphatic heterocycles. The van der Waals surface area contributed by atoms with Crippen LogP contribution in [0.1, 0.15) is 29.7 Å². The van der Waals surface area contributed by atoms with Crippen LogP contribution in [-0.4, -0.2) is 18.4 Å². The SMILES string of the molecule is CCOC(=O)[C@@H]1C(=O)C=C(c2cccc(F)c2)C[C@@H]1c1cccs1. The number of halogens is 1. The Hall–Kier alpha value is -2.27. The first-order valence-corrected chi connectivity index (χ1v) is 8.68. The van der Waals surface area contributed by atoms with Crippen molar-refractivity contribution in [2.45, 2.75) is 19.3 Å². The lowest BCUT2D eigenvalue weighted by atomic mass is 9.76. The number of hydrogen-bond donors (Lipinski definition) is 0. The zero-order valence-corrected chi connectivity index (χ0v) is 14.0. The minimum Gasteiger partial charge on any atom is -0.465 e. The fraction of sp³-hybridized carbons (Fsp3) is 0.263. The molecule has 1 aromatic carbocycles. The number of thiophene rings is 1. The van der Waals surface area contributed by atoms with Crippen molar-refractivity contribution in [3.05, 3.63) is 64.1 Å². The summed E-state index contributed by atoms with van der Waals surface area (Å²) in [7, 11) is 0. The monoisotopic (exact) mass is 344 g/mol. The number of carbonyl (C=O) groups excluding carboxylic acids is 2. The summed E-state index contributed by atoms with van der Waals surface area (Å²) in [5.41, 5.74) is 1.42. The molecule has 2 atom stereocenters. The Kier molecular flexibility index (Phi) is 4.90. The smallest absolute Gasteiger partial charge is 0.317 e. The number of rotatable bonds is 4. The van der Waals surface area contributed by atoms with Gasteiger partial charge in [-0.15, -0.1) is 11.3 Å². The normalized spacial score (nSPS) is 20.6. The molecule has 0 N–H and O–H groups in total. The summed E-state index contributed by atoms with van der Waals surface area (Å²) in [6.45, 7) is 1.96. The molecule has 0 amide bonds. The number of carbonyl (C=O) groups is 2. The molecule has 0 saturated carbocycles. The predicted octanol–water partition coefficient (Wildman–Crippen LogP) is 4.21. The van der Waals surface area contributed by atoms with Crippen molar-refractivity contribution in [3.63, 3.8) is 0 Å². The molecule has 0 radical (unpaired) electrons. The first kappa shape index (κ1) is 16.6. The van der Waals surface area contributed by atoms with Gasteiger partial charge in [0, 0.05) is 10.8 Å². The van der Waals surface area contributed by atoms with E-state index in [4.69, 9.17) is 4.74 Å². The van der Waals surface area contributed by atoms with E-state index in [9.17, 15) is 14.0 Å². The number of ketones is 1. The Morgan fingerprint density at radius 2 is 2.17 bits per heavy atom. The van der Waals surface area contributed by atoms with Crippen LogP contribution in [0.15, 0.2) is 47.9 Å². The van der Waals surface area contributed by atoms with E-state index < -0.39 is 11.9 Å². The molecule has 0 saturated heterocycles. The fourth-order valence-corrected chi connectivity index (χ4v) is 3.91. The third-order valence-corrected chi connectivity index (χ3v) is 5.11. The van der Waals surface area contributed by atoms with Gasteiger partial charge in [-0.2, -0.15) is 0 Å². The maximum atomic E-state index is 13.5. The van der Waals surface area contributed by atoms with E-state index in [0.29, 0.717) is 12.0 Å². The van der Waals surface area contributed by atoms with Crippen LogP contribution in [-0.2, 0) is 14.3 Å². The zero-order chi connectivity index (χ0) is 17.1. The summed E-state index contributed by atoms with van der Waals surface area (Å²) >= 11 is 1.51. The molecule has 5 heteroatoms. The molecule has 0 unspecified atom stereocenters. The minimum atomic E-state index is -0.832. The van der Waals surface area contributed by atoms with Crippen LogP contribution in [0.2, 0.25) is 0 Å². The molecule has 1 aromatic heterocycles. The summed E-state index contributed by atoms with van der Waals surface area (Å²) in [6.07, 6.45) is 1.96. The lowest BCUT2D eigenvalue weighted by Gasteiger charge is -2.28. The van der Waals surface area contributed by atoms with Crippen molar-refractivity contribution in [1.29, 1.82) is 0 Å². The van der Waals surface area contributed by atoms with Gasteiger partial charge >= 0.3 is 5.97 Å². The minimum absolute atomic E-state index is 0.236. The lowest BCUT2D eigenvalue weighted by molar-refractivity contribution is -0.151. The summed E-state index contributed by atoms with van der Waals surface area (Å²) in [4.78, 5) is 25.9. The van der Waals surface area contributed by atoms with Crippen LogP contribution in [0.25, 0.3) is 5.57 Å². The van der Waals surface area contributed by atoms with Gasteiger partial charge in [-0.25, -0.2) is 4.39 Å². The predicted molar refractivity (Wildman–Crippen MR) is 91.2 cm³/mol. The van der Waals surface area contributed by atoms with Gasteiger partial charge in [0.25, 0.3) is 0 Å². The molecule has 0 bridgehead atoms. The molecule has 24 heavy (non-hydrogen) atoms. The highest BCUT2D eigenvalue weighted by atomic mass is 32.1. The Morgan fingerprint density at radius 3 is 2.83 bits per heavy atom. The van der Waals surface area contributed by atoms with E-state index in [2.05, 4.69) is 0 Å². The van der Waals surface area contributed by atoms with Gasteiger partial charge in [0.05, 0.1) is 6.61 Å². The van der Waals surface area contributed by atoms with Gasteiger partial charge in [-0.1, -0.05) is 18.2 Å². The molecule has 2 aromatic rings. The van der Waals surface area contributed by atoms with Crippen molar-refractivity contribution in [2.24, 2.45) is 5.92 Å². The standard InChI is InChI=1S/C19H17FO3S/c1-2-23-19(22)18-15(17-7-4-8-24-17)10-13(11-16(18)21)12-5-3-6-14(20)9-12/h3-9,11,15,18H,2,10H2,1H3/t15-,18+/m1/s1. The van der Waals surface area contributed by atoms with Crippen molar-refractivity contribution in [3.8, 4) is 0 Å². The largest absolute Gasteiger partial charge is 0.465 e. The number of ether oxygens (including phenoxy) is 1. The Labute approximate surface area is 143 Å². The quantitative estimate of drug-likeness (QED) is 0.616. The second kappa shape index (κ2) is 7.09. The molecule has 3 nitrogen and oxygen atoms in total. The molecule has 1 aliphatic carbocycles. The van der Waals surface area contributed by atoms with E-state index in [1.165, 1.54) is 29.5 Å². The first-order chi connectivity index (χ1) is 11.6. The maximum Gasteiger partial charge on any atom is 0.317 e. The Bertz CT molecular complexity index is 780. The van der Waals surface area contributed by atoms with Crippen LogP contribution >= 0.6 is 11.3 Å². The van der Waals surface area contributed by atoms with Crippen LogP contribution < -0.4 is 0 Å². The van der Waals surface area contributed by atoms with Gasteiger partial charge < -0.3 is 4.74 Å². The van der Waals surface area contributed by atoms with Crippen LogP contribution in [0.4, 0.5) is 4.39 Å². The second-order valence-electron chi connectivity index (χ2n) is 5.64. The molecule has 124 valence electrons. The molecule has 3 rings (SSSR count). The topological polar surface area (TPSA) is 43.4 Å². The average Bonchev–Trinajstić information content (AvgIpc) is 3.08. The first-order valence-electron chi connectivity index (χ1n) is 7.80. The molecule has 1 aliphatic rings. The van der Waals surface area contributed by atoms with Crippen LogP contribution in [0.3, 0.4) is 0 Å². The summed E-state index contributed by atoms with van der Waals surface area (Å²) in [5, 5.41) is 1.92. The van der Waals surface area contributed by atoms with E-state index in [0.717, 1.165) is 10.5 Å². The van der Waals surface area contributed by atoms with Gasteiger partial charge in [0.2, 0.25) is 0 Å². The highest BCUT2D eigenvalue weighted by Crippen LogP contribution is 2.41. The number of benzene rings is 1. The number of esters is 1. The Balaban J connectivity index is 2.00. The van der Waals surface area contributed by atoms with Gasteiger partial charge in [0.15, 0.2) is 5.78 Å². The maximum absolute atomic E-state index is 13.5. The summed E-state index contributed by atoms with van der Waals surface area (Å²) in [5.74, 6) is -2.23. The number of allylic oxidation sites excluding steroid dienone is 2. The number of hydrogen-bond acceptors (Lipinski definition) is 4. The fourth-order valence-electron chi connectivity index (χ4n) is 3.04. The molecule has 0 fully saturated rings. The van der Waals surface area contributed by atoms with Crippen molar-refractivity contribution in [1.82, 2.24) is 0 Å². The van der Waals surface area contributed by atoms with Gasteiger partial charge in [-0.3, -0.25) is 9.59 Å². The summed E-state index contributed by atoms with van der Waals surface area (Å²) < 4.78 is 18.6. The zero-order valence-electron chi connectivity index (χ0n) is 13.2. The highest BCUT2D eigenvalue weighted by molar-refractivity contribution is 7.10. The third-order valence-electron chi connectivity index (χ3n) is 4.11. The van der Waals surface area contributed by atoms with Crippen LogP contribution in [0, 0.1) is 11.7 Å². The molecule has 1 heterocycles. The average molecular weight is 344 g/mol. The summed E-state index contributed by atoms with van der Waals surface area (Å²) in [6, 6.07) is 9.99. The third kappa shape index (κ3) is 3.31. The van der Waals surface area contributed by atoms with Gasteiger partial charge in [0.1, 0.15) is 11.7 Å². The van der Waals surface area contributed by atoms with E-state index in [-0.39, 0.29) is 24.1 Å². The van der Waals surface area contributed by atoms with Crippen LogP contribution in [0.5, 0.6) is 0 Å². The van der Waals surface area contributed by atoms with Crippen molar-refractivity contribution < 1.29 is 18.7 Å². The Morgan fingerprint density at radius 1 is 1.33 bits per heavy atom. The molecule has 0 spiro atoms.